The maximum absolute atomic E-state index is 12.7. The van der Waals surface area contributed by atoms with Crippen LogP contribution in [0.3, 0.4) is 0 Å². The molecule has 15 heavy (non-hydrogen) atoms. The number of hydrogen-bond donors (Lipinski definition) is 1. The average Bonchev–Trinajstić information content (AvgIpc) is 2.78. The standard InChI is InChI=1S/C10H9F2NO2/c11-10(12)14-7-2-1-6(5-8(7)15-10)9(13)3-4-9/h1-2,5H,3-4,13H2. The summed E-state index contributed by atoms with van der Waals surface area (Å²) in [6.45, 7) is 0. The molecular formula is C10H9F2NO2. The number of benzene rings is 1. The fourth-order valence-corrected chi connectivity index (χ4v) is 1.68. The third kappa shape index (κ3) is 1.34. The van der Waals surface area contributed by atoms with Gasteiger partial charge in [-0.1, -0.05) is 6.07 Å². The topological polar surface area (TPSA) is 44.5 Å². The summed E-state index contributed by atoms with van der Waals surface area (Å²) in [7, 11) is 0. The Bertz CT molecular complexity index is 429. The lowest BCUT2D eigenvalue weighted by Crippen LogP contribution is -2.26. The molecule has 1 fully saturated rings. The first-order valence-corrected chi connectivity index (χ1v) is 4.68. The predicted octanol–water partition coefficient (Wildman–Crippen LogP) is 1.96. The Kier molecular flexibility index (Phi) is 1.43. The smallest absolute Gasteiger partial charge is 0.395 e. The fourth-order valence-electron chi connectivity index (χ4n) is 1.68. The number of ether oxygens (including phenoxy) is 2. The highest BCUT2D eigenvalue weighted by molar-refractivity contribution is 5.48. The fraction of sp³-hybridized carbons (Fsp3) is 0.400. The van der Waals surface area contributed by atoms with E-state index in [1.165, 1.54) is 12.1 Å². The van der Waals surface area contributed by atoms with E-state index in [4.69, 9.17) is 5.73 Å². The van der Waals surface area contributed by atoms with Crippen molar-refractivity contribution >= 4 is 0 Å². The van der Waals surface area contributed by atoms with E-state index in [0.29, 0.717) is 0 Å². The van der Waals surface area contributed by atoms with E-state index in [1.807, 2.05) is 0 Å². The van der Waals surface area contributed by atoms with Crippen LogP contribution in [0.4, 0.5) is 8.78 Å². The van der Waals surface area contributed by atoms with E-state index >= 15 is 0 Å². The van der Waals surface area contributed by atoms with E-state index in [0.717, 1.165) is 18.4 Å². The second-order valence-corrected chi connectivity index (χ2v) is 3.99. The monoisotopic (exact) mass is 213 g/mol. The number of halogens is 2. The van der Waals surface area contributed by atoms with Gasteiger partial charge in [0.1, 0.15) is 0 Å². The highest BCUT2D eigenvalue weighted by atomic mass is 19.3. The van der Waals surface area contributed by atoms with Crippen LogP contribution in [-0.4, -0.2) is 6.29 Å². The molecule has 3 rings (SSSR count). The summed E-state index contributed by atoms with van der Waals surface area (Å²) < 4.78 is 34.0. The van der Waals surface area contributed by atoms with Crippen LogP contribution in [0.15, 0.2) is 18.2 Å². The number of fused-ring (bicyclic) bond motifs is 1. The number of hydrogen-bond acceptors (Lipinski definition) is 3. The molecule has 2 aliphatic rings. The van der Waals surface area contributed by atoms with E-state index in [9.17, 15) is 8.78 Å². The Morgan fingerprint density at radius 1 is 1.13 bits per heavy atom. The Morgan fingerprint density at radius 2 is 1.80 bits per heavy atom. The summed E-state index contributed by atoms with van der Waals surface area (Å²) in [5.41, 5.74) is 6.42. The van der Waals surface area contributed by atoms with Crippen molar-refractivity contribution in [3.63, 3.8) is 0 Å². The zero-order valence-electron chi connectivity index (χ0n) is 7.80. The lowest BCUT2D eigenvalue weighted by molar-refractivity contribution is -0.286. The number of nitrogens with two attached hydrogens (primary N) is 1. The Morgan fingerprint density at radius 3 is 2.47 bits per heavy atom. The molecule has 1 heterocycles. The summed E-state index contributed by atoms with van der Waals surface area (Å²) in [6, 6.07) is 4.71. The Hall–Kier alpha value is -1.36. The molecule has 2 N–H and O–H groups in total. The van der Waals surface area contributed by atoms with Crippen LogP contribution in [0.5, 0.6) is 11.5 Å². The minimum absolute atomic E-state index is 0.0630. The third-order valence-electron chi connectivity index (χ3n) is 2.76. The van der Waals surface area contributed by atoms with Crippen LogP contribution in [0, 0.1) is 0 Å². The van der Waals surface area contributed by atoms with Gasteiger partial charge in [-0.2, -0.15) is 0 Å². The zero-order chi connectivity index (χ0) is 10.7. The molecule has 1 aliphatic carbocycles. The number of alkyl halides is 2. The van der Waals surface area contributed by atoms with Gasteiger partial charge in [-0.25, -0.2) is 0 Å². The zero-order valence-corrected chi connectivity index (χ0v) is 7.80. The summed E-state index contributed by atoms with van der Waals surface area (Å²) in [5, 5.41) is 0. The first-order valence-electron chi connectivity index (χ1n) is 4.68. The largest absolute Gasteiger partial charge is 0.586 e. The van der Waals surface area contributed by atoms with Crippen molar-refractivity contribution in [2.24, 2.45) is 5.73 Å². The minimum Gasteiger partial charge on any atom is -0.395 e. The molecular weight excluding hydrogens is 204 g/mol. The molecule has 0 atom stereocenters. The molecule has 0 amide bonds. The number of rotatable bonds is 1. The van der Waals surface area contributed by atoms with Crippen LogP contribution >= 0.6 is 0 Å². The average molecular weight is 213 g/mol. The SMILES string of the molecule is NC1(c2ccc3c(c2)OC(F)(F)O3)CC1. The molecule has 0 radical (unpaired) electrons. The third-order valence-corrected chi connectivity index (χ3v) is 2.76. The van der Waals surface area contributed by atoms with Crippen molar-refractivity contribution in [2.45, 2.75) is 24.7 Å². The summed E-state index contributed by atoms with van der Waals surface area (Å²) in [6.07, 6.45) is -1.79. The molecule has 0 spiro atoms. The van der Waals surface area contributed by atoms with E-state index in [2.05, 4.69) is 9.47 Å². The van der Waals surface area contributed by atoms with Gasteiger partial charge in [0.25, 0.3) is 0 Å². The highest BCUT2D eigenvalue weighted by Gasteiger charge is 2.45. The summed E-state index contributed by atoms with van der Waals surface area (Å²) >= 11 is 0. The molecule has 5 heteroatoms. The normalized spacial score (nSPS) is 23.9. The minimum atomic E-state index is -3.55. The predicted molar refractivity (Wildman–Crippen MR) is 47.7 cm³/mol. The molecule has 3 nitrogen and oxygen atoms in total. The Labute approximate surface area is 84.8 Å². The quantitative estimate of drug-likeness (QED) is 0.775. The van der Waals surface area contributed by atoms with Gasteiger partial charge < -0.3 is 15.2 Å². The van der Waals surface area contributed by atoms with E-state index in [1.54, 1.807) is 6.07 Å². The lowest BCUT2D eigenvalue weighted by atomic mass is 10.1. The molecule has 1 saturated carbocycles. The molecule has 0 bridgehead atoms. The molecule has 80 valence electrons. The van der Waals surface area contributed by atoms with Crippen LogP contribution < -0.4 is 15.2 Å². The van der Waals surface area contributed by atoms with Crippen LogP contribution in [0.1, 0.15) is 18.4 Å². The van der Waals surface area contributed by atoms with Gasteiger partial charge in [-0.15, -0.1) is 8.78 Å². The first kappa shape index (κ1) is 8.91. The second kappa shape index (κ2) is 2.41. The van der Waals surface area contributed by atoms with Crippen molar-refractivity contribution in [1.29, 1.82) is 0 Å². The maximum atomic E-state index is 12.7. The van der Waals surface area contributed by atoms with Gasteiger partial charge in [0.05, 0.1) is 0 Å². The van der Waals surface area contributed by atoms with Crippen molar-refractivity contribution in [3.8, 4) is 11.5 Å². The summed E-state index contributed by atoms with van der Waals surface area (Å²) in [5.74, 6) is 0.127. The molecule has 1 aromatic rings. The second-order valence-electron chi connectivity index (χ2n) is 3.99. The van der Waals surface area contributed by atoms with Crippen LogP contribution in [0.2, 0.25) is 0 Å². The molecule has 0 unspecified atom stereocenters. The van der Waals surface area contributed by atoms with Crippen molar-refractivity contribution in [2.75, 3.05) is 0 Å². The van der Waals surface area contributed by atoms with Gasteiger partial charge in [-0.05, 0) is 30.5 Å². The van der Waals surface area contributed by atoms with E-state index in [-0.39, 0.29) is 17.0 Å². The van der Waals surface area contributed by atoms with Gasteiger partial charge in [0, 0.05) is 5.54 Å². The van der Waals surface area contributed by atoms with Crippen LogP contribution in [-0.2, 0) is 5.54 Å². The van der Waals surface area contributed by atoms with Gasteiger partial charge in [-0.3, -0.25) is 0 Å². The Balaban J connectivity index is 1.99. The molecule has 0 saturated heterocycles. The molecule has 1 aromatic carbocycles. The van der Waals surface area contributed by atoms with Gasteiger partial charge >= 0.3 is 6.29 Å². The molecule has 1 aliphatic heterocycles. The van der Waals surface area contributed by atoms with Gasteiger partial charge in [0.2, 0.25) is 0 Å². The van der Waals surface area contributed by atoms with E-state index < -0.39 is 6.29 Å². The van der Waals surface area contributed by atoms with Crippen LogP contribution in [0.25, 0.3) is 0 Å². The first-order chi connectivity index (χ1) is 6.99. The lowest BCUT2D eigenvalue weighted by Gasteiger charge is -2.08. The van der Waals surface area contributed by atoms with Crippen molar-refractivity contribution < 1.29 is 18.3 Å². The maximum Gasteiger partial charge on any atom is 0.586 e. The van der Waals surface area contributed by atoms with Crippen molar-refractivity contribution in [3.05, 3.63) is 23.8 Å². The summed E-state index contributed by atoms with van der Waals surface area (Å²) in [4.78, 5) is 0. The van der Waals surface area contributed by atoms with Crippen molar-refractivity contribution in [1.82, 2.24) is 0 Å². The molecule has 0 aromatic heterocycles. The highest BCUT2D eigenvalue weighted by Crippen LogP contribution is 2.48. The van der Waals surface area contributed by atoms with Gasteiger partial charge in [0.15, 0.2) is 11.5 Å².